The summed E-state index contributed by atoms with van der Waals surface area (Å²) in [6.45, 7) is 0. The van der Waals surface area contributed by atoms with E-state index in [1.165, 1.54) is 12.1 Å². The van der Waals surface area contributed by atoms with Crippen LogP contribution in [0.5, 0.6) is 0 Å². The summed E-state index contributed by atoms with van der Waals surface area (Å²) >= 11 is 0. The lowest BCUT2D eigenvalue weighted by Gasteiger charge is -2.03. The molecule has 116 valence electrons. The highest BCUT2D eigenvalue weighted by Gasteiger charge is 2.12. The fourth-order valence-corrected chi connectivity index (χ4v) is 2.39. The lowest BCUT2D eigenvalue weighted by Crippen LogP contribution is -1.96. The van der Waals surface area contributed by atoms with Crippen molar-refractivity contribution >= 4 is 11.5 Å². The summed E-state index contributed by atoms with van der Waals surface area (Å²) in [6.07, 6.45) is 4.98. The first kappa shape index (κ1) is 13.9. The molecule has 24 heavy (non-hydrogen) atoms. The average Bonchev–Trinajstić information content (AvgIpc) is 3.07. The number of rotatable bonds is 3. The number of nitro benzene ring substituents is 1. The van der Waals surface area contributed by atoms with Crippen molar-refractivity contribution in [2.45, 2.75) is 0 Å². The Bertz CT molecular complexity index is 1030. The van der Waals surface area contributed by atoms with Gasteiger partial charge in [0, 0.05) is 41.9 Å². The summed E-state index contributed by atoms with van der Waals surface area (Å²) in [7, 11) is 0. The number of nitrogens with zero attached hydrogens (tertiary/aromatic N) is 6. The van der Waals surface area contributed by atoms with Crippen molar-refractivity contribution in [1.82, 2.24) is 24.6 Å². The van der Waals surface area contributed by atoms with Gasteiger partial charge in [-0.3, -0.25) is 15.1 Å². The van der Waals surface area contributed by atoms with Crippen molar-refractivity contribution in [3.63, 3.8) is 0 Å². The standard InChI is InChI=1S/C16H10N6O2/c23-22(24)13-3-1-11(2-4-13)14-7-10-18-16-19-15(20-21(14)16)12-5-8-17-9-6-12/h1-10H. The molecule has 0 atom stereocenters. The molecule has 3 aromatic heterocycles. The van der Waals surface area contributed by atoms with E-state index >= 15 is 0 Å². The summed E-state index contributed by atoms with van der Waals surface area (Å²) in [6, 6.07) is 11.7. The normalized spacial score (nSPS) is 10.8. The van der Waals surface area contributed by atoms with Crippen LogP contribution in [0.1, 0.15) is 0 Å². The second kappa shape index (κ2) is 5.51. The van der Waals surface area contributed by atoms with Gasteiger partial charge in [0.2, 0.25) is 0 Å². The maximum Gasteiger partial charge on any atom is 0.269 e. The van der Waals surface area contributed by atoms with Crippen molar-refractivity contribution < 1.29 is 4.92 Å². The molecular weight excluding hydrogens is 308 g/mol. The van der Waals surface area contributed by atoms with Crippen LogP contribution < -0.4 is 0 Å². The Morgan fingerprint density at radius 2 is 1.67 bits per heavy atom. The molecule has 0 bridgehead atoms. The van der Waals surface area contributed by atoms with Gasteiger partial charge in [-0.15, -0.1) is 5.10 Å². The van der Waals surface area contributed by atoms with Crippen LogP contribution in [0.3, 0.4) is 0 Å². The van der Waals surface area contributed by atoms with E-state index in [1.54, 1.807) is 41.3 Å². The first-order valence-corrected chi connectivity index (χ1v) is 7.09. The second-order valence-corrected chi connectivity index (χ2v) is 5.02. The molecule has 1 aromatic carbocycles. The van der Waals surface area contributed by atoms with E-state index in [-0.39, 0.29) is 5.69 Å². The smallest absolute Gasteiger partial charge is 0.265 e. The van der Waals surface area contributed by atoms with Gasteiger partial charge in [0.25, 0.3) is 11.5 Å². The second-order valence-electron chi connectivity index (χ2n) is 5.02. The summed E-state index contributed by atoms with van der Waals surface area (Å²) < 4.78 is 1.62. The Labute approximate surface area is 135 Å². The van der Waals surface area contributed by atoms with E-state index < -0.39 is 4.92 Å². The fraction of sp³-hybridized carbons (Fsp3) is 0. The Morgan fingerprint density at radius 1 is 0.917 bits per heavy atom. The summed E-state index contributed by atoms with van der Waals surface area (Å²) in [5.41, 5.74) is 2.42. The highest BCUT2D eigenvalue weighted by Crippen LogP contribution is 2.23. The molecule has 0 N–H and O–H groups in total. The van der Waals surface area contributed by atoms with Gasteiger partial charge in [-0.05, 0) is 30.3 Å². The molecule has 0 saturated carbocycles. The molecule has 8 nitrogen and oxygen atoms in total. The Balaban J connectivity index is 1.84. The van der Waals surface area contributed by atoms with E-state index in [1.807, 2.05) is 12.1 Å². The highest BCUT2D eigenvalue weighted by molar-refractivity contribution is 5.64. The van der Waals surface area contributed by atoms with Gasteiger partial charge in [0.05, 0.1) is 10.6 Å². The van der Waals surface area contributed by atoms with E-state index in [9.17, 15) is 10.1 Å². The number of benzene rings is 1. The summed E-state index contributed by atoms with van der Waals surface area (Å²) in [4.78, 5) is 23.0. The number of hydrogen-bond acceptors (Lipinski definition) is 6. The van der Waals surface area contributed by atoms with Crippen LogP contribution in [0.2, 0.25) is 0 Å². The third-order valence-corrected chi connectivity index (χ3v) is 3.55. The minimum absolute atomic E-state index is 0.0418. The lowest BCUT2D eigenvalue weighted by atomic mass is 10.1. The van der Waals surface area contributed by atoms with Crippen molar-refractivity contribution in [1.29, 1.82) is 0 Å². The lowest BCUT2D eigenvalue weighted by molar-refractivity contribution is -0.384. The van der Waals surface area contributed by atoms with Gasteiger partial charge in [0.15, 0.2) is 5.82 Å². The molecule has 0 saturated heterocycles. The molecular formula is C16H10N6O2. The summed E-state index contributed by atoms with van der Waals surface area (Å²) in [5, 5.41) is 15.3. The average molecular weight is 318 g/mol. The Morgan fingerprint density at radius 3 is 2.38 bits per heavy atom. The number of aromatic nitrogens is 5. The number of fused-ring (bicyclic) bond motifs is 1. The molecule has 0 fully saturated rings. The number of nitro groups is 1. The Hall–Kier alpha value is -3.68. The van der Waals surface area contributed by atoms with Crippen molar-refractivity contribution in [2.24, 2.45) is 0 Å². The topological polar surface area (TPSA) is 99.1 Å². The molecule has 0 radical (unpaired) electrons. The zero-order valence-electron chi connectivity index (χ0n) is 12.3. The van der Waals surface area contributed by atoms with E-state index in [2.05, 4.69) is 20.1 Å². The van der Waals surface area contributed by atoms with Crippen LogP contribution in [0, 0.1) is 10.1 Å². The van der Waals surface area contributed by atoms with Gasteiger partial charge in [-0.2, -0.15) is 9.50 Å². The Kier molecular flexibility index (Phi) is 3.20. The van der Waals surface area contributed by atoms with Gasteiger partial charge in [-0.25, -0.2) is 4.98 Å². The van der Waals surface area contributed by atoms with Crippen LogP contribution in [0.4, 0.5) is 5.69 Å². The molecule has 0 amide bonds. The molecule has 3 heterocycles. The quantitative estimate of drug-likeness (QED) is 0.425. The number of pyridine rings is 1. The fourth-order valence-electron chi connectivity index (χ4n) is 2.39. The van der Waals surface area contributed by atoms with Crippen LogP contribution in [0.25, 0.3) is 28.4 Å². The SMILES string of the molecule is O=[N+]([O-])c1ccc(-c2ccnc3nc(-c4ccncc4)nn23)cc1. The van der Waals surface area contributed by atoms with E-state index in [4.69, 9.17) is 0 Å². The molecule has 8 heteroatoms. The van der Waals surface area contributed by atoms with Crippen molar-refractivity contribution in [3.8, 4) is 22.6 Å². The minimum atomic E-state index is -0.428. The monoisotopic (exact) mass is 318 g/mol. The predicted octanol–water partition coefficient (Wildman–Crippen LogP) is 2.76. The van der Waals surface area contributed by atoms with Crippen LogP contribution in [-0.4, -0.2) is 29.5 Å². The first-order chi connectivity index (χ1) is 11.7. The highest BCUT2D eigenvalue weighted by atomic mass is 16.6. The third-order valence-electron chi connectivity index (χ3n) is 3.55. The maximum absolute atomic E-state index is 10.8. The number of hydrogen-bond donors (Lipinski definition) is 0. The van der Waals surface area contributed by atoms with Crippen molar-refractivity contribution in [3.05, 3.63) is 71.2 Å². The van der Waals surface area contributed by atoms with Gasteiger partial charge in [-0.1, -0.05) is 0 Å². The van der Waals surface area contributed by atoms with Gasteiger partial charge < -0.3 is 0 Å². The molecule has 4 rings (SSSR count). The van der Waals surface area contributed by atoms with Gasteiger partial charge >= 0.3 is 0 Å². The number of non-ortho nitro benzene ring substituents is 1. The first-order valence-electron chi connectivity index (χ1n) is 7.09. The van der Waals surface area contributed by atoms with Crippen LogP contribution >= 0.6 is 0 Å². The zero-order valence-corrected chi connectivity index (χ0v) is 12.3. The molecule has 0 aliphatic rings. The molecule has 0 spiro atoms. The van der Waals surface area contributed by atoms with Crippen LogP contribution in [-0.2, 0) is 0 Å². The predicted molar refractivity (Wildman–Crippen MR) is 86.1 cm³/mol. The van der Waals surface area contributed by atoms with Crippen LogP contribution in [0.15, 0.2) is 61.1 Å². The molecule has 0 unspecified atom stereocenters. The summed E-state index contributed by atoms with van der Waals surface area (Å²) in [5.74, 6) is 0.997. The molecule has 0 aliphatic heterocycles. The van der Waals surface area contributed by atoms with E-state index in [0.717, 1.165) is 16.8 Å². The molecule has 4 aromatic rings. The largest absolute Gasteiger partial charge is 0.269 e. The zero-order chi connectivity index (χ0) is 16.5. The van der Waals surface area contributed by atoms with Crippen molar-refractivity contribution in [2.75, 3.05) is 0 Å². The maximum atomic E-state index is 10.8. The minimum Gasteiger partial charge on any atom is -0.265 e. The van der Waals surface area contributed by atoms with E-state index in [0.29, 0.717) is 11.6 Å². The van der Waals surface area contributed by atoms with Gasteiger partial charge in [0.1, 0.15) is 0 Å². The molecule has 0 aliphatic carbocycles. The third kappa shape index (κ3) is 2.35.